The fraction of sp³-hybridized carbons (Fsp3) is 0.630. The van der Waals surface area contributed by atoms with Crippen LogP contribution in [0.4, 0.5) is 0 Å². The van der Waals surface area contributed by atoms with Gasteiger partial charge < -0.3 is 43.4 Å². The van der Waals surface area contributed by atoms with Crippen LogP contribution in [0.25, 0.3) is 0 Å². The second kappa shape index (κ2) is 22.9. The summed E-state index contributed by atoms with van der Waals surface area (Å²) in [6.45, 7) is 11.7. The molecule has 1 aromatic rings. The summed E-state index contributed by atoms with van der Waals surface area (Å²) in [7, 11) is 0. The normalized spacial score (nSPS) is 13.4. The van der Waals surface area contributed by atoms with Gasteiger partial charge in [-0.2, -0.15) is 0 Å². The zero-order valence-electron chi connectivity index (χ0n) is 24.0. The third-order valence-corrected chi connectivity index (χ3v) is 4.74. The molecule has 226 valence electrons. The van der Waals surface area contributed by atoms with E-state index in [-0.39, 0.29) is 0 Å². The van der Waals surface area contributed by atoms with Gasteiger partial charge in [0.05, 0.1) is 0 Å². The predicted molar refractivity (Wildman–Crippen MR) is 151 cm³/mol. The molecule has 0 aliphatic rings. The van der Waals surface area contributed by atoms with E-state index < -0.39 is 48.0 Å². The van der Waals surface area contributed by atoms with E-state index in [1.54, 1.807) is 0 Å². The van der Waals surface area contributed by atoms with E-state index in [0.717, 1.165) is 5.56 Å². The number of carboxylic acid groups (broad SMARTS) is 4. The van der Waals surface area contributed by atoms with E-state index in [9.17, 15) is 19.2 Å². The highest BCUT2D eigenvalue weighted by molar-refractivity contribution is 5.74. The van der Waals surface area contributed by atoms with Crippen molar-refractivity contribution in [2.75, 3.05) is 0 Å². The Morgan fingerprint density at radius 1 is 0.538 bits per heavy atom. The van der Waals surface area contributed by atoms with Crippen LogP contribution in [0.5, 0.6) is 0 Å². The van der Waals surface area contributed by atoms with Crippen molar-refractivity contribution in [3.63, 3.8) is 0 Å². The molecule has 0 saturated carbocycles. The summed E-state index contributed by atoms with van der Waals surface area (Å²) in [6, 6.07) is 6.47. The number of carbonyl (C=O) groups is 4. The number of aliphatic carboxylic acids is 4. The Morgan fingerprint density at radius 3 is 0.974 bits per heavy atom. The molecule has 0 fully saturated rings. The molecule has 0 saturated heterocycles. The highest BCUT2D eigenvalue weighted by Crippen LogP contribution is 2.03. The standard InChI is InChI=1S/C9H11NO2.3C6H13NO2/c10-8(9(11)12)6-7-4-2-1-3-5-7;3*1-4(2)3-5(7)6(8)9/h1-5,8H,6,10H2,(H,11,12);3*4-5H,3,7H2,1-2H3,(H,8,9)/t8-;3*5-/m0000/s1. The molecule has 0 aliphatic heterocycles. The van der Waals surface area contributed by atoms with E-state index >= 15 is 0 Å². The third kappa shape index (κ3) is 27.8. The maximum absolute atomic E-state index is 10.4. The predicted octanol–water partition coefficient (Wildman–Crippen LogP) is 1.97. The van der Waals surface area contributed by atoms with Gasteiger partial charge >= 0.3 is 23.9 Å². The van der Waals surface area contributed by atoms with Crippen LogP contribution in [0.1, 0.15) is 66.4 Å². The maximum atomic E-state index is 10.4. The molecule has 0 aromatic heterocycles. The van der Waals surface area contributed by atoms with Gasteiger partial charge in [0.1, 0.15) is 24.2 Å². The fourth-order valence-electron chi connectivity index (χ4n) is 2.78. The molecule has 0 unspecified atom stereocenters. The molecule has 0 bridgehead atoms. The van der Waals surface area contributed by atoms with E-state index in [1.807, 2.05) is 71.9 Å². The Balaban J connectivity index is -0.000000448. The van der Waals surface area contributed by atoms with E-state index in [1.165, 1.54) is 0 Å². The summed E-state index contributed by atoms with van der Waals surface area (Å²) in [6.07, 6.45) is 2.04. The SMILES string of the molecule is CC(C)C[C@H](N)C(=O)O.CC(C)C[C@H](N)C(=O)O.CC(C)C[C@H](N)C(=O)O.N[C@@H](Cc1ccccc1)C(=O)O. The molecule has 12 heteroatoms. The zero-order chi connectivity index (χ0) is 31.3. The molecule has 12 nitrogen and oxygen atoms in total. The molecule has 1 aromatic carbocycles. The summed E-state index contributed by atoms with van der Waals surface area (Å²) in [5.74, 6) is -2.63. The average molecular weight is 559 g/mol. The quantitative estimate of drug-likeness (QED) is 0.183. The van der Waals surface area contributed by atoms with E-state index in [4.69, 9.17) is 43.4 Å². The van der Waals surface area contributed by atoms with Crippen molar-refractivity contribution >= 4 is 23.9 Å². The van der Waals surface area contributed by atoms with Crippen molar-refractivity contribution < 1.29 is 39.6 Å². The second-order valence-electron chi connectivity index (χ2n) is 10.4. The molecule has 1 rings (SSSR count). The first-order valence-electron chi connectivity index (χ1n) is 12.8. The van der Waals surface area contributed by atoms with Crippen molar-refractivity contribution in [3.8, 4) is 0 Å². The highest BCUT2D eigenvalue weighted by Gasteiger charge is 2.13. The smallest absolute Gasteiger partial charge is 0.320 e. The Hall–Kier alpha value is -3.06. The first-order valence-corrected chi connectivity index (χ1v) is 12.8. The third-order valence-electron chi connectivity index (χ3n) is 4.74. The summed E-state index contributed by atoms with van der Waals surface area (Å²) in [5.41, 5.74) is 22.0. The Labute approximate surface area is 231 Å². The summed E-state index contributed by atoms with van der Waals surface area (Å²) < 4.78 is 0. The van der Waals surface area contributed by atoms with E-state index in [0.29, 0.717) is 43.4 Å². The van der Waals surface area contributed by atoms with Gasteiger partial charge in [0.25, 0.3) is 0 Å². The van der Waals surface area contributed by atoms with Crippen LogP contribution in [-0.2, 0) is 25.6 Å². The lowest BCUT2D eigenvalue weighted by atomic mass is 10.1. The first kappa shape index (κ1) is 40.4. The van der Waals surface area contributed by atoms with Crippen LogP contribution >= 0.6 is 0 Å². The van der Waals surface area contributed by atoms with Crippen molar-refractivity contribution in [3.05, 3.63) is 35.9 Å². The summed E-state index contributed by atoms with van der Waals surface area (Å²) >= 11 is 0. The van der Waals surface area contributed by atoms with Gasteiger partial charge in [-0.15, -0.1) is 0 Å². The van der Waals surface area contributed by atoms with Crippen molar-refractivity contribution in [2.24, 2.45) is 40.7 Å². The average Bonchev–Trinajstić information content (AvgIpc) is 2.79. The van der Waals surface area contributed by atoms with Gasteiger partial charge in [0.15, 0.2) is 0 Å². The van der Waals surface area contributed by atoms with Gasteiger partial charge in [-0.3, -0.25) is 19.2 Å². The van der Waals surface area contributed by atoms with Gasteiger partial charge in [-0.05, 0) is 49.0 Å². The van der Waals surface area contributed by atoms with Crippen LogP contribution in [0, 0.1) is 17.8 Å². The molecule has 0 heterocycles. The fourth-order valence-corrected chi connectivity index (χ4v) is 2.78. The number of hydrogen-bond donors (Lipinski definition) is 8. The van der Waals surface area contributed by atoms with Crippen LogP contribution in [0.3, 0.4) is 0 Å². The molecule has 0 spiro atoms. The van der Waals surface area contributed by atoms with Gasteiger partial charge in [-0.1, -0.05) is 71.9 Å². The topological polar surface area (TPSA) is 253 Å². The van der Waals surface area contributed by atoms with Crippen LogP contribution in [-0.4, -0.2) is 68.5 Å². The molecule has 0 radical (unpaired) electrons. The minimum atomic E-state index is -0.959. The first-order chi connectivity index (χ1) is 17.8. The molecule has 0 aliphatic carbocycles. The number of rotatable bonds is 12. The number of hydrogen-bond acceptors (Lipinski definition) is 8. The van der Waals surface area contributed by atoms with Gasteiger partial charge in [-0.25, -0.2) is 0 Å². The number of benzene rings is 1. The lowest BCUT2D eigenvalue weighted by Crippen LogP contribution is -2.32. The van der Waals surface area contributed by atoms with Crippen LogP contribution in [0.15, 0.2) is 30.3 Å². The van der Waals surface area contributed by atoms with Crippen molar-refractivity contribution in [1.29, 1.82) is 0 Å². The lowest BCUT2D eigenvalue weighted by Gasteiger charge is -2.07. The summed E-state index contributed by atoms with van der Waals surface area (Å²) in [4.78, 5) is 40.7. The lowest BCUT2D eigenvalue weighted by molar-refractivity contribution is -0.139. The van der Waals surface area contributed by atoms with Crippen LogP contribution in [0.2, 0.25) is 0 Å². The number of nitrogens with two attached hydrogens (primary N) is 4. The van der Waals surface area contributed by atoms with Gasteiger partial charge in [0, 0.05) is 0 Å². The monoisotopic (exact) mass is 558 g/mol. The molecule has 39 heavy (non-hydrogen) atoms. The Morgan fingerprint density at radius 2 is 0.795 bits per heavy atom. The Bertz CT molecular complexity index is 757. The number of carboxylic acids is 4. The van der Waals surface area contributed by atoms with Crippen molar-refractivity contribution in [1.82, 2.24) is 0 Å². The molecule has 0 amide bonds. The highest BCUT2D eigenvalue weighted by atomic mass is 16.4. The summed E-state index contributed by atoms with van der Waals surface area (Å²) in [5, 5.41) is 33.4. The van der Waals surface area contributed by atoms with E-state index in [2.05, 4.69) is 0 Å². The van der Waals surface area contributed by atoms with Gasteiger partial charge in [0.2, 0.25) is 0 Å². The molecule has 12 N–H and O–H groups in total. The maximum Gasteiger partial charge on any atom is 0.320 e. The van der Waals surface area contributed by atoms with Crippen LogP contribution < -0.4 is 22.9 Å². The Kier molecular flexibility index (Phi) is 23.7. The molecular weight excluding hydrogens is 508 g/mol. The second-order valence-corrected chi connectivity index (χ2v) is 10.4. The van der Waals surface area contributed by atoms with Crippen molar-refractivity contribution in [2.45, 2.75) is 91.4 Å². The zero-order valence-corrected chi connectivity index (χ0v) is 24.0. The largest absolute Gasteiger partial charge is 0.480 e. The minimum Gasteiger partial charge on any atom is -0.480 e. The molecule has 4 atom stereocenters. The minimum absolute atomic E-state index is 0.357. The molecular formula is C27H50N4O8.